The molecule has 14 heteroatoms. The minimum atomic E-state index is -1.99. The molecule has 164 valence electrons. The lowest BCUT2D eigenvalue weighted by atomic mass is 10.1. The lowest BCUT2D eigenvalue weighted by Crippen LogP contribution is -2.34. The number of benzene rings is 1. The molecule has 0 N–H and O–H groups in total. The van der Waals surface area contributed by atoms with Gasteiger partial charge in [-0.15, -0.1) is 23.2 Å². The lowest BCUT2D eigenvalue weighted by molar-refractivity contribution is 0.0775. The lowest BCUT2D eigenvalue weighted by Gasteiger charge is -2.21. The third-order valence-electron chi connectivity index (χ3n) is 3.60. The topological polar surface area (TPSA) is 59.0 Å². The van der Waals surface area contributed by atoms with E-state index in [1.165, 1.54) is 17.0 Å². The second-order valence-corrected chi connectivity index (χ2v) is 11.4. The van der Waals surface area contributed by atoms with Crippen LogP contribution >= 0.6 is 104 Å². The highest BCUT2D eigenvalue weighted by atomic mass is 35.6. The zero-order valence-electron chi connectivity index (χ0n) is 14.7. The number of carbonyl (C=O) groups is 1. The molecule has 0 aliphatic rings. The van der Waals surface area contributed by atoms with Crippen molar-refractivity contribution in [1.82, 2.24) is 19.9 Å². The maximum atomic E-state index is 12.7. The van der Waals surface area contributed by atoms with Gasteiger partial charge in [0.1, 0.15) is 0 Å². The van der Waals surface area contributed by atoms with Crippen LogP contribution in [0.5, 0.6) is 0 Å². The van der Waals surface area contributed by atoms with Gasteiger partial charge in [-0.3, -0.25) is 4.79 Å². The number of hydrogen-bond donors (Lipinski definition) is 0. The average Bonchev–Trinajstić information content (AvgIpc) is 2.65. The van der Waals surface area contributed by atoms with Crippen molar-refractivity contribution < 1.29 is 4.79 Å². The van der Waals surface area contributed by atoms with Crippen LogP contribution in [0.4, 0.5) is 0 Å². The number of nitrogens with zero attached hydrogens (tertiary/aromatic N) is 4. The number of halogens is 9. The molecule has 1 heterocycles. The minimum absolute atomic E-state index is 0.0342. The molecule has 1 aromatic heterocycles. The van der Waals surface area contributed by atoms with Gasteiger partial charge in [-0.1, -0.05) is 87.3 Å². The van der Waals surface area contributed by atoms with Gasteiger partial charge in [0.25, 0.3) is 5.91 Å². The van der Waals surface area contributed by atoms with E-state index in [0.29, 0.717) is 18.7 Å². The zero-order chi connectivity index (χ0) is 22.7. The van der Waals surface area contributed by atoms with Crippen LogP contribution in [0.15, 0.2) is 18.2 Å². The molecular formula is C16H11Cl9N4O. The molecule has 0 aliphatic heterocycles. The van der Waals surface area contributed by atoms with Crippen molar-refractivity contribution >= 4 is 110 Å². The van der Waals surface area contributed by atoms with E-state index in [4.69, 9.17) is 104 Å². The maximum Gasteiger partial charge on any atom is 0.255 e. The zero-order valence-corrected chi connectivity index (χ0v) is 21.5. The van der Waals surface area contributed by atoms with Crippen LogP contribution in [0.1, 0.15) is 22.0 Å². The maximum absolute atomic E-state index is 12.7. The summed E-state index contributed by atoms with van der Waals surface area (Å²) in [6.45, 7) is 0.635. The Morgan fingerprint density at radius 3 is 1.77 bits per heavy atom. The fourth-order valence-corrected chi connectivity index (χ4v) is 3.45. The van der Waals surface area contributed by atoms with Gasteiger partial charge in [0.2, 0.25) is 7.59 Å². The van der Waals surface area contributed by atoms with Crippen molar-refractivity contribution in [3.63, 3.8) is 0 Å². The van der Waals surface area contributed by atoms with E-state index in [1.54, 1.807) is 6.07 Å². The molecule has 0 atom stereocenters. The third kappa shape index (κ3) is 6.90. The van der Waals surface area contributed by atoms with Crippen molar-refractivity contribution in [3.8, 4) is 11.4 Å². The van der Waals surface area contributed by atoms with Crippen LogP contribution in [-0.4, -0.2) is 50.6 Å². The van der Waals surface area contributed by atoms with Crippen LogP contribution in [0.3, 0.4) is 0 Å². The molecule has 1 aromatic carbocycles. The molecule has 30 heavy (non-hydrogen) atoms. The first kappa shape index (κ1) is 26.6. The standard InChI is InChI=1S/C16H11Cl9N4O/c17-3-5-29(6-4-18)12(30)9-2-1-8(7-10(9)19)11-26-13(15(20,21)22)28-14(27-11)16(23,24)25/h1-2,7H,3-6H2. The Morgan fingerprint density at radius 1 is 0.867 bits per heavy atom. The predicted octanol–water partition coefficient (Wildman–Crippen LogP) is 6.77. The molecular weight excluding hydrogens is 583 g/mol. The van der Waals surface area contributed by atoms with E-state index in [9.17, 15) is 4.79 Å². The summed E-state index contributed by atoms with van der Waals surface area (Å²) in [5.41, 5.74) is 0.624. The van der Waals surface area contributed by atoms with E-state index >= 15 is 0 Å². The molecule has 0 fully saturated rings. The smallest absolute Gasteiger partial charge is 0.255 e. The molecule has 5 nitrogen and oxygen atoms in total. The highest BCUT2D eigenvalue weighted by molar-refractivity contribution is 6.67. The Balaban J connectivity index is 2.51. The van der Waals surface area contributed by atoms with Crippen LogP contribution in [-0.2, 0) is 7.59 Å². The van der Waals surface area contributed by atoms with E-state index in [2.05, 4.69) is 15.0 Å². The van der Waals surface area contributed by atoms with E-state index in [-0.39, 0.29) is 45.7 Å². The van der Waals surface area contributed by atoms with Gasteiger partial charge >= 0.3 is 0 Å². The second-order valence-electron chi connectivity index (χ2n) is 5.67. The van der Waals surface area contributed by atoms with Gasteiger partial charge in [0, 0.05) is 30.4 Å². The molecule has 1 amide bonds. The van der Waals surface area contributed by atoms with E-state index < -0.39 is 7.59 Å². The van der Waals surface area contributed by atoms with Crippen LogP contribution in [0.2, 0.25) is 5.02 Å². The Morgan fingerprint density at radius 2 is 1.37 bits per heavy atom. The van der Waals surface area contributed by atoms with Gasteiger partial charge in [0.15, 0.2) is 17.5 Å². The quantitative estimate of drug-likeness (QED) is 0.347. The summed E-state index contributed by atoms with van der Waals surface area (Å²) in [6.07, 6.45) is 0. The molecule has 0 saturated carbocycles. The molecule has 0 aliphatic carbocycles. The Labute approximate surface area is 217 Å². The van der Waals surface area contributed by atoms with Crippen LogP contribution < -0.4 is 0 Å². The highest BCUT2D eigenvalue weighted by Crippen LogP contribution is 2.41. The summed E-state index contributed by atoms with van der Waals surface area (Å²) in [4.78, 5) is 26.4. The minimum Gasteiger partial charge on any atom is -0.336 e. The average molecular weight is 594 g/mol. The number of amides is 1. The van der Waals surface area contributed by atoms with Crippen LogP contribution in [0, 0.1) is 0 Å². The van der Waals surface area contributed by atoms with Crippen molar-refractivity contribution in [2.75, 3.05) is 24.8 Å². The normalized spacial score (nSPS) is 12.2. The molecule has 0 radical (unpaired) electrons. The summed E-state index contributed by atoms with van der Waals surface area (Å²) in [5.74, 6) is -0.277. The van der Waals surface area contributed by atoms with Gasteiger partial charge in [-0.05, 0) is 12.1 Å². The van der Waals surface area contributed by atoms with Gasteiger partial charge in [-0.25, -0.2) is 15.0 Å². The summed E-state index contributed by atoms with van der Waals surface area (Å²) < 4.78 is -3.99. The predicted molar refractivity (Wildman–Crippen MR) is 126 cm³/mol. The molecule has 0 spiro atoms. The molecule has 0 unspecified atom stereocenters. The van der Waals surface area contributed by atoms with Crippen molar-refractivity contribution in [2.45, 2.75) is 7.59 Å². The van der Waals surface area contributed by atoms with Gasteiger partial charge in [0.05, 0.1) is 10.6 Å². The number of rotatable bonds is 6. The Hall–Kier alpha value is 0.310. The Bertz CT molecular complexity index is 876. The number of hydrogen-bond acceptors (Lipinski definition) is 4. The molecule has 2 aromatic rings. The first-order valence-electron chi connectivity index (χ1n) is 8.00. The monoisotopic (exact) mass is 590 g/mol. The first-order valence-corrected chi connectivity index (χ1v) is 11.7. The highest BCUT2D eigenvalue weighted by Gasteiger charge is 2.34. The van der Waals surface area contributed by atoms with Crippen molar-refractivity contribution in [3.05, 3.63) is 40.4 Å². The van der Waals surface area contributed by atoms with Gasteiger partial charge < -0.3 is 4.90 Å². The van der Waals surface area contributed by atoms with Crippen molar-refractivity contribution in [2.24, 2.45) is 0 Å². The van der Waals surface area contributed by atoms with Crippen molar-refractivity contribution in [1.29, 1.82) is 0 Å². The molecule has 0 bridgehead atoms. The first-order chi connectivity index (χ1) is 13.9. The van der Waals surface area contributed by atoms with E-state index in [1.807, 2.05) is 0 Å². The van der Waals surface area contributed by atoms with Gasteiger partial charge in [-0.2, -0.15) is 0 Å². The fraction of sp³-hybridized carbons (Fsp3) is 0.375. The van der Waals surface area contributed by atoms with Crippen LogP contribution in [0.25, 0.3) is 11.4 Å². The largest absolute Gasteiger partial charge is 0.336 e. The number of carbonyl (C=O) groups excluding carboxylic acids is 1. The molecule has 2 rings (SSSR count). The Kier molecular flexibility index (Phi) is 9.70. The third-order valence-corrected chi connectivity index (χ3v) is 5.26. The summed E-state index contributed by atoms with van der Waals surface area (Å²) in [5, 5.41) is 0.137. The molecule has 0 saturated heterocycles. The summed E-state index contributed by atoms with van der Waals surface area (Å²) >= 11 is 53.1. The summed E-state index contributed by atoms with van der Waals surface area (Å²) in [6, 6.07) is 4.52. The second kappa shape index (κ2) is 11.0. The fourth-order valence-electron chi connectivity index (χ4n) is 2.28. The number of aromatic nitrogens is 3. The van der Waals surface area contributed by atoms with E-state index in [0.717, 1.165) is 0 Å². The SMILES string of the molecule is O=C(c1ccc(-c2nc(C(Cl)(Cl)Cl)nc(C(Cl)(Cl)Cl)n2)cc1Cl)N(CCCl)CCCl. The summed E-state index contributed by atoms with van der Waals surface area (Å²) in [7, 11) is 0. The number of alkyl halides is 8.